The normalized spacial score (nSPS) is 19.2. The van der Waals surface area contributed by atoms with Gasteiger partial charge in [-0.3, -0.25) is 0 Å². The van der Waals surface area contributed by atoms with Crippen molar-refractivity contribution in [3.63, 3.8) is 0 Å². The molecule has 2 nitrogen and oxygen atoms in total. The van der Waals surface area contributed by atoms with E-state index in [-0.39, 0.29) is 5.54 Å². The van der Waals surface area contributed by atoms with Crippen molar-refractivity contribution in [2.45, 2.75) is 51.0 Å². The van der Waals surface area contributed by atoms with Gasteiger partial charge in [0.1, 0.15) is 0 Å². The Bertz CT molecular complexity index is 553. The molecular formula is C15H20N2S. The lowest BCUT2D eigenvalue weighted by Crippen LogP contribution is -2.43. The lowest BCUT2D eigenvalue weighted by molar-refractivity contribution is 0.294. The highest BCUT2D eigenvalue weighted by Crippen LogP contribution is 2.32. The zero-order valence-corrected chi connectivity index (χ0v) is 11.7. The van der Waals surface area contributed by atoms with E-state index in [9.17, 15) is 0 Å². The SMILES string of the molecule is Cc1ccc2nc(CC3(N)CCCCC3)sc2c1. The molecule has 3 rings (SSSR count). The molecule has 0 amide bonds. The average molecular weight is 260 g/mol. The maximum absolute atomic E-state index is 6.51. The van der Waals surface area contributed by atoms with Crippen LogP contribution in [-0.4, -0.2) is 10.5 Å². The molecule has 18 heavy (non-hydrogen) atoms. The largest absolute Gasteiger partial charge is 0.325 e. The van der Waals surface area contributed by atoms with Crippen molar-refractivity contribution in [1.29, 1.82) is 0 Å². The fourth-order valence-electron chi connectivity index (χ4n) is 2.89. The number of fused-ring (bicyclic) bond motifs is 1. The van der Waals surface area contributed by atoms with Gasteiger partial charge in [-0.1, -0.05) is 25.3 Å². The summed E-state index contributed by atoms with van der Waals surface area (Å²) in [6, 6.07) is 6.47. The van der Waals surface area contributed by atoms with Gasteiger partial charge < -0.3 is 5.73 Å². The molecule has 1 aliphatic rings. The number of nitrogens with zero attached hydrogens (tertiary/aromatic N) is 1. The van der Waals surface area contributed by atoms with Gasteiger partial charge in [-0.2, -0.15) is 0 Å². The number of aryl methyl sites for hydroxylation is 1. The number of thiazole rings is 1. The fourth-order valence-corrected chi connectivity index (χ4v) is 4.11. The van der Waals surface area contributed by atoms with E-state index in [0.29, 0.717) is 0 Å². The van der Waals surface area contributed by atoms with E-state index in [1.54, 1.807) is 0 Å². The lowest BCUT2D eigenvalue weighted by Gasteiger charge is -2.32. The minimum absolute atomic E-state index is 0.00116. The van der Waals surface area contributed by atoms with Crippen LogP contribution < -0.4 is 5.73 Å². The van der Waals surface area contributed by atoms with Crippen LogP contribution in [0.1, 0.15) is 42.7 Å². The second-order valence-electron chi connectivity index (χ2n) is 5.68. The Balaban J connectivity index is 1.86. The first kappa shape index (κ1) is 12.1. The molecule has 0 radical (unpaired) electrons. The molecule has 2 aromatic rings. The summed E-state index contributed by atoms with van der Waals surface area (Å²) in [7, 11) is 0. The Labute approximate surface area is 112 Å². The molecule has 2 N–H and O–H groups in total. The number of nitrogens with two attached hydrogens (primary N) is 1. The van der Waals surface area contributed by atoms with Crippen molar-refractivity contribution in [3.8, 4) is 0 Å². The van der Waals surface area contributed by atoms with E-state index in [1.165, 1.54) is 34.5 Å². The van der Waals surface area contributed by atoms with Crippen LogP contribution in [0, 0.1) is 6.92 Å². The summed E-state index contributed by atoms with van der Waals surface area (Å²) in [6.07, 6.45) is 7.16. The molecule has 0 unspecified atom stereocenters. The summed E-state index contributed by atoms with van der Waals surface area (Å²) < 4.78 is 1.30. The molecule has 0 spiro atoms. The smallest absolute Gasteiger partial charge is 0.0956 e. The van der Waals surface area contributed by atoms with Crippen LogP contribution in [0.2, 0.25) is 0 Å². The molecule has 1 aliphatic carbocycles. The quantitative estimate of drug-likeness (QED) is 0.891. The van der Waals surface area contributed by atoms with Gasteiger partial charge in [-0.25, -0.2) is 4.98 Å². The number of hydrogen-bond donors (Lipinski definition) is 1. The van der Waals surface area contributed by atoms with Crippen LogP contribution in [-0.2, 0) is 6.42 Å². The number of benzene rings is 1. The van der Waals surface area contributed by atoms with Crippen LogP contribution in [0.4, 0.5) is 0 Å². The summed E-state index contributed by atoms with van der Waals surface area (Å²) in [6.45, 7) is 2.13. The van der Waals surface area contributed by atoms with E-state index < -0.39 is 0 Å². The minimum Gasteiger partial charge on any atom is -0.325 e. The highest BCUT2D eigenvalue weighted by atomic mass is 32.1. The summed E-state index contributed by atoms with van der Waals surface area (Å²) in [5.41, 5.74) is 8.94. The highest BCUT2D eigenvalue weighted by molar-refractivity contribution is 7.18. The number of aromatic nitrogens is 1. The van der Waals surface area contributed by atoms with Crippen LogP contribution in [0.5, 0.6) is 0 Å². The minimum atomic E-state index is 0.00116. The fraction of sp³-hybridized carbons (Fsp3) is 0.533. The van der Waals surface area contributed by atoms with Crippen LogP contribution in [0.3, 0.4) is 0 Å². The maximum atomic E-state index is 6.51. The van der Waals surface area contributed by atoms with E-state index in [1.807, 2.05) is 11.3 Å². The Hall–Kier alpha value is -0.930. The van der Waals surface area contributed by atoms with Gasteiger partial charge in [-0.15, -0.1) is 11.3 Å². The Morgan fingerprint density at radius 1 is 1.28 bits per heavy atom. The molecule has 0 atom stereocenters. The molecular weight excluding hydrogens is 240 g/mol. The van der Waals surface area contributed by atoms with E-state index in [0.717, 1.165) is 24.8 Å². The van der Waals surface area contributed by atoms with Crippen molar-refractivity contribution in [1.82, 2.24) is 4.98 Å². The zero-order chi connectivity index (χ0) is 12.6. The van der Waals surface area contributed by atoms with Crippen LogP contribution >= 0.6 is 11.3 Å². The molecule has 0 bridgehead atoms. The van der Waals surface area contributed by atoms with Crippen LogP contribution in [0.25, 0.3) is 10.2 Å². The molecule has 1 heterocycles. The standard InChI is InChI=1S/C15H20N2S/c1-11-5-6-12-13(9-11)18-14(17-12)10-15(16)7-3-2-4-8-15/h5-6,9H,2-4,7-8,10,16H2,1H3. The summed E-state index contributed by atoms with van der Waals surface area (Å²) in [5.74, 6) is 0. The van der Waals surface area contributed by atoms with Crippen LogP contribution in [0.15, 0.2) is 18.2 Å². The lowest BCUT2D eigenvalue weighted by atomic mass is 9.80. The van der Waals surface area contributed by atoms with Gasteiger partial charge in [0.05, 0.1) is 15.2 Å². The van der Waals surface area contributed by atoms with E-state index in [2.05, 4.69) is 25.1 Å². The first-order valence-electron chi connectivity index (χ1n) is 6.80. The van der Waals surface area contributed by atoms with Gasteiger partial charge in [-0.05, 0) is 37.5 Å². The van der Waals surface area contributed by atoms with Gasteiger partial charge in [0.25, 0.3) is 0 Å². The second kappa shape index (κ2) is 4.63. The Kier molecular flexibility index (Phi) is 3.12. The molecule has 1 fully saturated rings. The topological polar surface area (TPSA) is 38.9 Å². The molecule has 0 aliphatic heterocycles. The molecule has 96 valence electrons. The van der Waals surface area contributed by atoms with Crippen molar-refractivity contribution in [2.24, 2.45) is 5.73 Å². The third-order valence-corrected chi connectivity index (χ3v) is 4.96. The van der Waals surface area contributed by atoms with Gasteiger partial charge >= 0.3 is 0 Å². The predicted octanol–water partition coefficient (Wildman–Crippen LogP) is 3.81. The first-order valence-corrected chi connectivity index (χ1v) is 7.61. The maximum Gasteiger partial charge on any atom is 0.0956 e. The van der Waals surface area contributed by atoms with Gasteiger partial charge in [0.2, 0.25) is 0 Å². The second-order valence-corrected chi connectivity index (χ2v) is 6.79. The Morgan fingerprint density at radius 3 is 2.83 bits per heavy atom. The summed E-state index contributed by atoms with van der Waals surface area (Å²) in [4.78, 5) is 4.73. The molecule has 0 saturated heterocycles. The van der Waals surface area contributed by atoms with Crippen molar-refractivity contribution in [2.75, 3.05) is 0 Å². The summed E-state index contributed by atoms with van der Waals surface area (Å²) in [5, 5.41) is 1.21. The third kappa shape index (κ3) is 2.43. The molecule has 1 saturated carbocycles. The predicted molar refractivity (Wildman–Crippen MR) is 78.1 cm³/mol. The van der Waals surface area contributed by atoms with Gasteiger partial charge in [0.15, 0.2) is 0 Å². The third-order valence-electron chi connectivity index (χ3n) is 3.94. The molecule has 1 aromatic carbocycles. The number of rotatable bonds is 2. The Morgan fingerprint density at radius 2 is 2.06 bits per heavy atom. The van der Waals surface area contributed by atoms with Crippen molar-refractivity contribution < 1.29 is 0 Å². The van der Waals surface area contributed by atoms with Crippen molar-refractivity contribution in [3.05, 3.63) is 28.8 Å². The van der Waals surface area contributed by atoms with Crippen molar-refractivity contribution >= 4 is 21.6 Å². The monoisotopic (exact) mass is 260 g/mol. The molecule has 1 aromatic heterocycles. The summed E-state index contributed by atoms with van der Waals surface area (Å²) >= 11 is 1.81. The van der Waals surface area contributed by atoms with E-state index in [4.69, 9.17) is 10.7 Å². The number of hydrogen-bond acceptors (Lipinski definition) is 3. The first-order chi connectivity index (χ1) is 8.65. The average Bonchev–Trinajstić information content (AvgIpc) is 2.70. The zero-order valence-electron chi connectivity index (χ0n) is 10.9. The highest BCUT2D eigenvalue weighted by Gasteiger charge is 2.28. The molecule has 3 heteroatoms. The van der Waals surface area contributed by atoms with E-state index >= 15 is 0 Å². The van der Waals surface area contributed by atoms with Gasteiger partial charge in [0, 0.05) is 12.0 Å².